The zero-order valence-electron chi connectivity index (χ0n) is 9.20. The summed E-state index contributed by atoms with van der Waals surface area (Å²) in [6.45, 7) is 3.86. The highest BCUT2D eigenvalue weighted by molar-refractivity contribution is 5.24. The van der Waals surface area contributed by atoms with Gasteiger partial charge in [0.2, 0.25) is 0 Å². The number of hydrogen-bond donors (Lipinski definition) is 2. The first-order chi connectivity index (χ1) is 7.12. The quantitative estimate of drug-likeness (QED) is 0.727. The first-order valence-electron chi connectivity index (χ1n) is 5.02. The van der Waals surface area contributed by atoms with E-state index in [9.17, 15) is 5.11 Å². The van der Waals surface area contributed by atoms with Gasteiger partial charge in [-0.2, -0.15) is 0 Å². The largest absolute Gasteiger partial charge is 0.394 e. The van der Waals surface area contributed by atoms with Crippen LogP contribution in [0.5, 0.6) is 0 Å². The highest BCUT2D eigenvalue weighted by atomic mass is 16.3. The van der Waals surface area contributed by atoms with Crippen LogP contribution in [0.3, 0.4) is 0 Å². The van der Waals surface area contributed by atoms with Gasteiger partial charge in [0.1, 0.15) is 0 Å². The molecule has 0 radical (unpaired) electrons. The van der Waals surface area contributed by atoms with Crippen LogP contribution in [0.15, 0.2) is 30.3 Å². The predicted octanol–water partition coefficient (Wildman–Crippen LogP) is 1.51. The highest BCUT2D eigenvalue weighted by Gasteiger charge is 2.26. The van der Waals surface area contributed by atoms with Crippen LogP contribution in [-0.4, -0.2) is 17.8 Å². The number of rotatable bonds is 4. The number of nitrogens with one attached hydrogen (secondary N) is 1. The maximum absolute atomic E-state index is 9.45. The molecule has 2 heteroatoms. The minimum Gasteiger partial charge on any atom is -0.394 e. The molecule has 0 saturated heterocycles. The van der Waals surface area contributed by atoms with E-state index in [1.165, 1.54) is 0 Å². The number of hydrogen-bond acceptors (Lipinski definition) is 2. The summed E-state index contributed by atoms with van der Waals surface area (Å²) >= 11 is 0. The summed E-state index contributed by atoms with van der Waals surface area (Å²) in [4.78, 5) is 0. The number of aliphatic hydroxyl groups excluding tert-OH is 1. The molecule has 2 atom stereocenters. The fraction of sp³-hybridized carbons (Fsp3) is 0.385. The zero-order valence-corrected chi connectivity index (χ0v) is 9.20. The van der Waals surface area contributed by atoms with Gasteiger partial charge in [-0.05, 0) is 19.4 Å². The maximum Gasteiger partial charge on any atom is 0.0665 e. The van der Waals surface area contributed by atoms with E-state index in [-0.39, 0.29) is 12.6 Å². The molecule has 2 N–H and O–H groups in total. The summed E-state index contributed by atoms with van der Waals surface area (Å²) < 4.78 is 0. The lowest BCUT2D eigenvalue weighted by molar-refractivity contribution is 0.170. The first kappa shape index (κ1) is 11.8. The van der Waals surface area contributed by atoms with Crippen molar-refractivity contribution in [1.29, 1.82) is 0 Å². The second-order valence-corrected chi connectivity index (χ2v) is 3.89. The van der Waals surface area contributed by atoms with Crippen LogP contribution in [0.25, 0.3) is 0 Å². The summed E-state index contributed by atoms with van der Waals surface area (Å²) in [6.07, 6.45) is 5.32. The average Bonchev–Trinajstić information content (AvgIpc) is 2.30. The minimum absolute atomic E-state index is 0.0169. The summed E-state index contributed by atoms with van der Waals surface area (Å²) in [5, 5.41) is 12.7. The Morgan fingerprint density at radius 1 is 1.47 bits per heavy atom. The van der Waals surface area contributed by atoms with Gasteiger partial charge in [-0.25, -0.2) is 0 Å². The smallest absolute Gasteiger partial charge is 0.0665 e. The van der Waals surface area contributed by atoms with Crippen molar-refractivity contribution in [1.82, 2.24) is 5.32 Å². The van der Waals surface area contributed by atoms with E-state index in [1.54, 1.807) is 0 Å². The Balaban J connectivity index is 2.91. The third-order valence-corrected chi connectivity index (χ3v) is 2.51. The first-order valence-corrected chi connectivity index (χ1v) is 5.02. The third-order valence-electron chi connectivity index (χ3n) is 2.51. The van der Waals surface area contributed by atoms with Gasteiger partial charge >= 0.3 is 0 Å². The SMILES string of the molecule is C#CC(C)NC(C)(CO)c1ccccc1. The van der Waals surface area contributed by atoms with Crippen LogP contribution in [0.1, 0.15) is 19.4 Å². The Bertz CT molecular complexity index is 341. The van der Waals surface area contributed by atoms with Crippen LogP contribution < -0.4 is 5.32 Å². The molecule has 0 aliphatic carbocycles. The Hall–Kier alpha value is -1.30. The molecular formula is C13H17NO. The van der Waals surface area contributed by atoms with E-state index in [0.29, 0.717) is 0 Å². The second-order valence-electron chi connectivity index (χ2n) is 3.89. The molecule has 0 spiro atoms. The van der Waals surface area contributed by atoms with Crippen LogP contribution in [0.4, 0.5) is 0 Å². The molecule has 0 fully saturated rings. The maximum atomic E-state index is 9.45. The second kappa shape index (κ2) is 4.97. The van der Waals surface area contributed by atoms with Crippen molar-refractivity contribution >= 4 is 0 Å². The lowest BCUT2D eigenvalue weighted by Crippen LogP contribution is -2.46. The third kappa shape index (κ3) is 2.82. The molecule has 80 valence electrons. The lowest BCUT2D eigenvalue weighted by atomic mass is 9.92. The van der Waals surface area contributed by atoms with Crippen molar-refractivity contribution in [3.8, 4) is 12.3 Å². The molecule has 1 rings (SSSR count). The highest BCUT2D eigenvalue weighted by Crippen LogP contribution is 2.20. The van der Waals surface area contributed by atoms with Gasteiger partial charge in [-0.1, -0.05) is 36.3 Å². The summed E-state index contributed by atoms with van der Waals surface area (Å²) in [5.74, 6) is 2.60. The Labute approximate surface area is 91.3 Å². The van der Waals surface area contributed by atoms with Gasteiger partial charge < -0.3 is 5.11 Å². The van der Waals surface area contributed by atoms with E-state index in [2.05, 4.69) is 11.2 Å². The molecule has 0 aromatic heterocycles. The topological polar surface area (TPSA) is 32.3 Å². The van der Waals surface area contributed by atoms with Gasteiger partial charge in [0.15, 0.2) is 0 Å². The zero-order chi connectivity index (χ0) is 11.3. The number of terminal acetylenes is 1. The van der Waals surface area contributed by atoms with Crippen molar-refractivity contribution in [2.45, 2.75) is 25.4 Å². The summed E-state index contributed by atoms with van der Waals surface area (Å²) in [5.41, 5.74) is 0.558. The van der Waals surface area contributed by atoms with Crippen LogP contribution in [-0.2, 0) is 5.54 Å². The minimum atomic E-state index is -0.479. The molecule has 0 amide bonds. The molecule has 1 aromatic carbocycles. The van der Waals surface area contributed by atoms with E-state index in [1.807, 2.05) is 44.2 Å². The van der Waals surface area contributed by atoms with Crippen molar-refractivity contribution in [3.05, 3.63) is 35.9 Å². The van der Waals surface area contributed by atoms with E-state index >= 15 is 0 Å². The van der Waals surface area contributed by atoms with Gasteiger partial charge in [-0.15, -0.1) is 6.42 Å². The lowest BCUT2D eigenvalue weighted by Gasteiger charge is -2.31. The van der Waals surface area contributed by atoms with E-state index < -0.39 is 5.54 Å². The number of benzene rings is 1. The van der Waals surface area contributed by atoms with Gasteiger partial charge in [0.25, 0.3) is 0 Å². The molecule has 2 unspecified atom stereocenters. The molecule has 1 aromatic rings. The van der Waals surface area contributed by atoms with Crippen molar-refractivity contribution in [2.24, 2.45) is 0 Å². The molecule has 0 bridgehead atoms. The molecule has 0 aliphatic heterocycles. The fourth-order valence-electron chi connectivity index (χ4n) is 1.55. The monoisotopic (exact) mass is 203 g/mol. The molecule has 15 heavy (non-hydrogen) atoms. The van der Waals surface area contributed by atoms with E-state index in [4.69, 9.17) is 6.42 Å². The summed E-state index contributed by atoms with van der Waals surface area (Å²) in [7, 11) is 0. The Kier molecular flexibility index (Phi) is 3.90. The van der Waals surface area contributed by atoms with Gasteiger partial charge in [0.05, 0.1) is 18.2 Å². The molecular weight excluding hydrogens is 186 g/mol. The normalized spacial score (nSPS) is 16.4. The van der Waals surface area contributed by atoms with Crippen LogP contribution in [0.2, 0.25) is 0 Å². The molecule has 2 nitrogen and oxygen atoms in total. The average molecular weight is 203 g/mol. The van der Waals surface area contributed by atoms with Crippen LogP contribution >= 0.6 is 0 Å². The van der Waals surface area contributed by atoms with Crippen molar-refractivity contribution < 1.29 is 5.11 Å². The Morgan fingerprint density at radius 3 is 2.53 bits per heavy atom. The fourth-order valence-corrected chi connectivity index (χ4v) is 1.55. The standard InChI is InChI=1S/C13H17NO/c1-4-11(2)14-13(3,10-15)12-8-6-5-7-9-12/h1,5-9,11,14-15H,10H2,2-3H3. The van der Waals surface area contributed by atoms with E-state index in [0.717, 1.165) is 5.56 Å². The molecule has 0 saturated carbocycles. The van der Waals surface area contributed by atoms with Gasteiger partial charge in [-0.3, -0.25) is 5.32 Å². The van der Waals surface area contributed by atoms with Crippen LogP contribution in [0, 0.1) is 12.3 Å². The molecule has 0 aliphatic rings. The van der Waals surface area contributed by atoms with Crippen molar-refractivity contribution in [2.75, 3.05) is 6.61 Å². The Morgan fingerprint density at radius 2 is 2.07 bits per heavy atom. The summed E-state index contributed by atoms with van der Waals surface area (Å²) in [6, 6.07) is 9.74. The number of aliphatic hydroxyl groups is 1. The molecule has 0 heterocycles. The van der Waals surface area contributed by atoms with Crippen molar-refractivity contribution in [3.63, 3.8) is 0 Å². The predicted molar refractivity (Wildman–Crippen MR) is 62.3 cm³/mol. The van der Waals surface area contributed by atoms with Gasteiger partial charge in [0, 0.05) is 0 Å².